The van der Waals surface area contributed by atoms with Gasteiger partial charge in [-0.2, -0.15) is 0 Å². The van der Waals surface area contributed by atoms with E-state index in [0.29, 0.717) is 0 Å². The lowest BCUT2D eigenvalue weighted by Crippen LogP contribution is -1.78. The Balaban J connectivity index is 2.34. The van der Waals surface area contributed by atoms with Crippen LogP contribution in [0.25, 0.3) is 21.9 Å². The molecule has 1 aromatic heterocycles. The average Bonchev–Trinajstić information content (AvgIpc) is 2.74. The lowest BCUT2D eigenvalue weighted by Gasteiger charge is -1.96. The van der Waals surface area contributed by atoms with Gasteiger partial charge in [0.15, 0.2) is 0 Å². The summed E-state index contributed by atoms with van der Waals surface area (Å²) in [5.41, 5.74) is 4.69. The summed E-state index contributed by atoms with van der Waals surface area (Å²) in [6, 6.07) is 13.0. The third-order valence-electron chi connectivity index (χ3n) is 3.42. The van der Waals surface area contributed by atoms with Crippen molar-refractivity contribution in [1.82, 2.24) is 0 Å². The van der Waals surface area contributed by atoms with Gasteiger partial charge >= 0.3 is 0 Å². The SMILES string of the molecule is CCc1ccc2c(c1)oc1ccc(CC)cc12. The van der Waals surface area contributed by atoms with Crippen LogP contribution in [0, 0.1) is 0 Å². The van der Waals surface area contributed by atoms with Crippen LogP contribution in [-0.4, -0.2) is 0 Å². The van der Waals surface area contributed by atoms with Crippen molar-refractivity contribution in [3.8, 4) is 0 Å². The van der Waals surface area contributed by atoms with Crippen molar-refractivity contribution in [1.29, 1.82) is 0 Å². The quantitative estimate of drug-likeness (QED) is 0.614. The normalized spacial score (nSPS) is 11.4. The van der Waals surface area contributed by atoms with E-state index in [4.69, 9.17) is 4.42 Å². The van der Waals surface area contributed by atoms with Crippen LogP contribution in [0.1, 0.15) is 25.0 Å². The molecule has 86 valence electrons. The molecule has 0 aliphatic carbocycles. The van der Waals surface area contributed by atoms with Crippen LogP contribution in [-0.2, 0) is 12.8 Å². The van der Waals surface area contributed by atoms with Gasteiger partial charge in [-0.1, -0.05) is 32.0 Å². The van der Waals surface area contributed by atoms with E-state index < -0.39 is 0 Å². The molecule has 0 aliphatic rings. The van der Waals surface area contributed by atoms with Crippen molar-refractivity contribution in [2.24, 2.45) is 0 Å². The van der Waals surface area contributed by atoms with E-state index in [1.54, 1.807) is 0 Å². The predicted octanol–water partition coefficient (Wildman–Crippen LogP) is 4.71. The van der Waals surface area contributed by atoms with Gasteiger partial charge < -0.3 is 4.42 Å². The van der Waals surface area contributed by atoms with E-state index in [1.165, 1.54) is 21.9 Å². The molecule has 0 atom stereocenters. The molecule has 3 rings (SSSR count). The Morgan fingerprint density at radius 1 is 0.765 bits per heavy atom. The molecule has 0 unspecified atom stereocenters. The second kappa shape index (κ2) is 3.92. The van der Waals surface area contributed by atoms with E-state index in [2.05, 4.69) is 50.2 Å². The summed E-state index contributed by atoms with van der Waals surface area (Å²) in [4.78, 5) is 0. The highest BCUT2D eigenvalue weighted by Gasteiger charge is 2.07. The maximum atomic E-state index is 5.89. The summed E-state index contributed by atoms with van der Waals surface area (Å²) in [6.07, 6.45) is 2.11. The number of fused-ring (bicyclic) bond motifs is 3. The zero-order chi connectivity index (χ0) is 11.8. The van der Waals surface area contributed by atoms with Crippen molar-refractivity contribution >= 4 is 21.9 Å². The van der Waals surface area contributed by atoms with E-state index in [-0.39, 0.29) is 0 Å². The summed E-state index contributed by atoms with van der Waals surface area (Å²) in [7, 11) is 0. The molecular weight excluding hydrogens is 208 g/mol. The van der Waals surface area contributed by atoms with Crippen LogP contribution >= 0.6 is 0 Å². The molecule has 0 fully saturated rings. The Labute approximate surface area is 101 Å². The number of benzene rings is 2. The molecule has 0 bridgehead atoms. The molecular formula is C16H16O. The van der Waals surface area contributed by atoms with Gasteiger partial charge in [-0.25, -0.2) is 0 Å². The number of rotatable bonds is 2. The molecule has 0 N–H and O–H groups in total. The fourth-order valence-electron chi connectivity index (χ4n) is 2.31. The molecule has 0 spiro atoms. The summed E-state index contributed by atoms with van der Waals surface area (Å²) in [6.45, 7) is 4.34. The van der Waals surface area contributed by atoms with Crippen molar-refractivity contribution in [3.63, 3.8) is 0 Å². The number of hydrogen-bond acceptors (Lipinski definition) is 1. The second-order valence-corrected chi connectivity index (χ2v) is 4.47. The Morgan fingerprint density at radius 2 is 1.47 bits per heavy atom. The van der Waals surface area contributed by atoms with Gasteiger partial charge in [-0.3, -0.25) is 0 Å². The van der Waals surface area contributed by atoms with Gasteiger partial charge in [0.2, 0.25) is 0 Å². The monoisotopic (exact) mass is 224 g/mol. The van der Waals surface area contributed by atoms with Crippen LogP contribution in [0.3, 0.4) is 0 Å². The largest absolute Gasteiger partial charge is 0.456 e. The van der Waals surface area contributed by atoms with Gasteiger partial charge in [0.1, 0.15) is 11.2 Å². The summed E-state index contributed by atoms with van der Waals surface area (Å²) in [5.74, 6) is 0. The number of aryl methyl sites for hydroxylation is 2. The first-order valence-electron chi connectivity index (χ1n) is 6.26. The number of furan rings is 1. The molecule has 0 radical (unpaired) electrons. The highest BCUT2D eigenvalue weighted by molar-refractivity contribution is 6.05. The predicted molar refractivity (Wildman–Crippen MR) is 72.5 cm³/mol. The van der Waals surface area contributed by atoms with E-state index in [0.717, 1.165) is 24.0 Å². The third-order valence-corrected chi connectivity index (χ3v) is 3.42. The Kier molecular flexibility index (Phi) is 2.40. The standard InChI is InChI=1S/C16H16O/c1-3-11-6-8-15-14(9-11)13-7-5-12(4-2)10-16(13)17-15/h5-10H,3-4H2,1-2H3. The van der Waals surface area contributed by atoms with Gasteiger partial charge in [0.05, 0.1) is 0 Å². The average molecular weight is 224 g/mol. The van der Waals surface area contributed by atoms with Crippen LogP contribution in [0.15, 0.2) is 40.8 Å². The Morgan fingerprint density at radius 3 is 2.24 bits per heavy atom. The van der Waals surface area contributed by atoms with E-state index in [1.807, 2.05) is 0 Å². The van der Waals surface area contributed by atoms with E-state index >= 15 is 0 Å². The molecule has 2 aromatic carbocycles. The first-order valence-corrected chi connectivity index (χ1v) is 6.26. The highest BCUT2D eigenvalue weighted by atomic mass is 16.3. The maximum absolute atomic E-state index is 5.89. The first kappa shape index (κ1) is 10.4. The summed E-state index contributed by atoms with van der Waals surface area (Å²) in [5, 5.41) is 2.47. The summed E-state index contributed by atoms with van der Waals surface area (Å²) >= 11 is 0. The molecule has 0 saturated heterocycles. The van der Waals surface area contributed by atoms with Crippen LogP contribution in [0.5, 0.6) is 0 Å². The molecule has 0 aliphatic heterocycles. The zero-order valence-electron chi connectivity index (χ0n) is 10.3. The van der Waals surface area contributed by atoms with Crippen LogP contribution < -0.4 is 0 Å². The van der Waals surface area contributed by atoms with Crippen molar-refractivity contribution in [2.45, 2.75) is 26.7 Å². The molecule has 17 heavy (non-hydrogen) atoms. The molecule has 0 saturated carbocycles. The van der Waals surface area contributed by atoms with Gasteiger partial charge in [0.25, 0.3) is 0 Å². The highest BCUT2D eigenvalue weighted by Crippen LogP contribution is 2.30. The summed E-state index contributed by atoms with van der Waals surface area (Å²) < 4.78 is 5.89. The van der Waals surface area contributed by atoms with Crippen LogP contribution in [0.4, 0.5) is 0 Å². The van der Waals surface area contributed by atoms with Gasteiger partial charge in [-0.05, 0) is 42.2 Å². The van der Waals surface area contributed by atoms with Crippen molar-refractivity contribution < 1.29 is 4.42 Å². The number of hydrogen-bond donors (Lipinski definition) is 0. The third kappa shape index (κ3) is 1.62. The lowest BCUT2D eigenvalue weighted by molar-refractivity contribution is 0.668. The Bertz CT molecular complexity index is 676. The fraction of sp³-hybridized carbons (Fsp3) is 0.250. The van der Waals surface area contributed by atoms with Crippen molar-refractivity contribution in [2.75, 3.05) is 0 Å². The van der Waals surface area contributed by atoms with E-state index in [9.17, 15) is 0 Å². The molecule has 1 nitrogen and oxygen atoms in total. The fourth-order valence-corrected chi connectivity index (χ4v) is 2.31. The second-order valence-electron chi connectivity index (χ2n) is 4.47. The molecule has 3 aromatic rings. The Hall–Kier alpha value is -1.76. The van der Waals surface area contributed by atoms with Gasteiger partial charge in [-0.15, -0.1) is 0 Å². The molecule has 1 heteroatoms. The maximum Gasteiger partial charge on any atom is 0.135 e. The van der Waals surface area contributed by atoms with Gasteiger partial charge in [0, 0.05) is 10.8 Å². The topological polar surface area (TPSA) is 13.1 Å². The van der Waals surface area contributed by atoms with Crippen LogP contribution in [0.2, 0.25) is 0 Å². The minimum atomic E-state index is 0.991. The lowest BCUT2D eigenvalue weighted by atomic mass is 10.1. The smallest absolute Gasteiger partial charge is 0.135 e. The first-order chi connectivity index (χ1) is 8.31. The minimum Gasteiger partial charge on any atom is -0.456 e. The zero-order valence-corrected chi connectivity index (χ0v) is 10.3. The minimum absolute atomic E-state index is 0.991. The molecule has 1 heterocycles. The van der Waals surface area contributed by atoms with Crippen molar-refractivity contribution in [3.05, 3.63) is 47.5 Å². The molecule has 0 amide bonds.